The van der Waals surface area contributed by atoms with Crippen LogP contribution in [-0.2, 0) is 9.53 Å². The van der Waals surface area contributed by atoms with Crippen LogP contribution in [0.5, 0.6) is 0 Å². The number of esters is 1. The molecule has 1 aromatic rings. The van der Waals surface area contributed by atoms with E-state index >= 15 is 0 Å². The van der Waals surface area contributed by atoms with Crippen molar-refractivity contribution in [2.24, 2.45) is 0 Å². The summed E-state index contributed by atoms with van der Waals surface area (Å²) in [6.07, 6.45) is 0. The van der Waals surface area contributed by atoms with Crippen molar-refractivity contribution in [2.75, 3.05) is 12.4 Å². The van der Waals surface area contributed by atoms with Gasteiger partial charge in [0.15, 0.2) is 0 Å². The lowest BCUT2D eigenvalue weighted by Crippen LogP contribution is -2.40. The summed E-state index contributed by atoms with van der Waals surface area (Å²) >= 11 is 1.80. The number of ether oxygens (including phenoxy) is 1. The van der Waals surface area contributed by atoms with E-state index in [-0.39, 0.29) is 12.0 Å². The molecule has 5 heteroatoms. The van der Waals surface area contributed by atoms with E-state index < -0.39 is 0 Å². The largest absolute Gasteiger partial charge is 0.465 e. The lowest BCUT2D eigenvalue weighted by atomic mass is 10.1. The minimum atomic E-state index is -0.159. The van der Waals surface area contributed by atoms with Gasteiger partial charge in [0.05, 0.1) is 24.1 Å². The van der Waals surface area contributed by atoms with E-state index in [1.807, 2.05) is 13.0 Å². The first-order chi connectivity index (χ1) is 9.29. The van der Waals surface area contributed by atoms with Crippen LogP contribution in [0.3, 0.4) is 0 Å². The van der Waals surface area contributed by atoms with Gasteiger partial charge >= 0.3 is 5.97 Å². The third-order valence-electron chi connectivity index (χ3n) is 3.49. The fourth-order valence-corrected chi connectivity index (χ4v) is 3.79. The van der Waals surface area contributed by atoms with Crippen molar-refractivity contribution in [3.63, 3.8) is 0 Å². The second-order valence-corrected chi connectivity index (χ2v) is 5.98. The zero-order valence-electron chi connectivity index (χ0n) is 10.8. The predicted molar refractivity (Wildman–Crippen MR) is 75.9 cm³/mol. The zero-order valence-corrected chi connectivity index (χ0v) is 11.7. The van der Waals surface area contributed by atoms with Gasteiger partial charge in [0.1, 0.15) is 6.04 Å². The van der Waals surface area contributed by atoms with Crippen molar-refractivity contribution in [1.82, 2.24) is 10.6 Å². The maximum Gasteiger partial charge on any atom is 0.324 e. The Morgan fingerprint density at radius 2 is 2.16 bits per heavy atom. The van der Waals surface area contributed by atoms with Gasteiger partial charge in [0.25, 0.3) is 0 Å². The highest BCUT2D eigenvalue weighted by molar-refractivity contribution is 8.00. The molecule has 102 valence electrons. The molecule has 0 radical (unpaired) electrons. The van der Waals surface area contributed by atoms with E-state index in [4.69, 9.17) is 4.74 Å². The van der Waals surface area contributed by atoms with Crippen LogP contribution in [0, 0.1) is 0 Å². The van der Waals surface area contributed by atoms with Crippen molar-refractivity contribution >= 4 is 17.7 Å². The molecule has 2 N–H and O–H groups in total. The maximum atomic E-state index is 11.7. The fraction of sp³-hybridized carbons (Fsp3) is 0.500. The first kappa shape index (κ1) is 13.0. The highest BCUT2D eigenvalue weighted by atomic mass is 32.2. The Hall–Kier alpha value is -1.04. The van der Waals surface area contributed by atoms with Crippen molar-refractivity contribution in [1.29, 1.82) is 0 Å². The van der Waals surface area contributed by atoms with Crippen LogP contribution in [0.25, 0.3) is 0 Å². The Kier molecular flexibility index (Phi) is 3.77. The molecular weight excluding hydrogens is 260 g/mol. The first-order valence-electron chi connectivity index (χ1n) is 6.65. The number of hydrogen-bond acceptors (Lipinski definition) is 5. The molecule has 4 atom stereocenters. The van der Waals surface area contributed by atoms with Crippen LogP contribution in [0.4, 0.5) is 0 Å². The first-order valence-corrected chi connectivity index (χ1v) is 7.69. The number of hydrogen-bond donors (Lipinski definition) is 2. The highest BCUT2D eigenvalue weighted by Crippen LogP contribution is 2.38. The molecule has 0 aromatic heterocycles. The number of rotatable bonds is 4. The van der Waals surface area contributed by atoms with E-state index in [1.165, 1.54) is 5.56 Å². The third-order valence-corrected chi connectivity index (χ3v) is 4.80. The smallest absolute Gasteiger partial charge is 0.324 e. The van der Waals surface area contributed by atoms with E-state index in [0.717, 1.165) is 5.75 Å². The quantitative estimate of drug-likeness (QED) is 0.642. The van der Waals surface area contributed by atoms with Crippen molar-refractivity contribution in [3.05, 3.63) is 35.9 Å². The van der Waals surface area contributed by atoms with E-state index in [1.54, 1.807) is 11.8 Å². The van der Waals surface area contributed by atoms with Crippen LogP contribution in [0.2, 0.25) is 0 Å². The van der Waals surface area contributed by atoms with Crippen LogP contribution in [-0.4, -0.2) is 35.8 Å². The molecule has 0 amide bonds. The van der Waals surface area contributed by atoms with Gasteiger partial charge < -0.3 is 10.1 Å². The highest BCUT2D eigenvalue weighted by Gasteiger charge is 2.47. The topological polar surface area (TPSA) is 60.3 Å². The minimum Gasteiger partial charge on any atom is -0.465 e. The number of benzene rings is 1. The van der Waals surface area contributed by atoms with E-state index in [2.05, 4.69) is 34.9 Å². The number of carbonyl (C=O) groups is 1. The number of nitrogens with one attached hydrogen (secondary N) is 2. The number of thioether (sulfide) groups is 1. The molecule has 0 saturated carbocycles. The minimum absolute atomic E-state index is 0.130. The molecular formula is C14H18N2O2S. The zero-order chi connectivity index (χ0) is 13.2. The van der Waals surface area contributed by atoms with Crippen molar-refractivity contribution < 1.29 is 9.53 Å². The Morgan fingerprint density at radius 1 is 1.37 bits per heavy atom. The summed E-state index contributed by atoms with van der Waals surface area (Å²) in [5.74, 6) is 0.665. The fourth-order valence-electron chi connectivity index (χ4n) is 2.46. The van der Waals surface area contributed by atoms with E-state index in [0.29, 0.717) is 24.1 Å². The Balaban J connectivity index is 1.55. The Morgan fingerprint density at radius 3 is 2.89 bits per heavy atom. The van der Waals surface area contributed by atoms with E-state index in [9.17, 15) is 4.79 Å². The van der Waals surface area contributed by atoms with Crippen molar-refractivity contribution in [2.45, 2.75) is 30.4 Å². The van der Waals surface area contributed by atoms with Gasteiger partial charge in [-0.1, -0.05) is 30.3 Å². The summed E-state index contributed by atoms with van der Waals surface area (Å²) in [4.78, 5) is 11.7. The molecule has 2 saturated heterocycles. The molecule has 4 nitrogen and oxygen atoms in total. The SMILES string of the molecule is CCOC(=O)[C@@H]1CSC([C@@H]2NC2c2ccccc2)N1. The average Bonchev–Trinajstić information content (AvgIpc) is 3.09. The van der Waals surface area contributed by atoms with Gasteiger partial charge in [0, 0.05) is 5.75 Å². The molecule has 2 aliphatic rings. The molecule has 3 rings (SSSR count). The van der Waals surface area contributed by atoms with Gasteiger partial charge in [0.2, 0.25) is 0 Å². The molecule has 2 fully saturated rings. The Bertz CT molecular complexity index is 454. The van der Waals surface area contributed by atoms with Crippen LogP contribution < -0.4 is 10.6 Å². The monoisotopic (exact) mass is 278 g/mol. The summed E-state index contributed by atoms with van der Waals surface area (Å²) < 4.78 is 5.05. The summed E-state index contributed by atoms with van der Waals surface area (Å²) in [6, 6.07) is 11.1. The van der Waals surface area contributed by atoms with Gasteiger partial charge in [-0.3, -0.25) is 10.1 Å². The van der Waals surface area contributed by atoms with Crippen LogP contribution >= 0.6 is 11.8 Å². The van der Waals surface area contributed by atoms with Gasteiger partial charge in [-0.2, -0.15) is 0 Å². The predicted octanol–water partition coefficient (Wildman–Crippen LogP) is 1.29. The molecule has 0 spiro atoms. The summed E-state index contributed by atoms with van der Waals surface area (Å²) in [5.41, 5.74) is 1.31. The Labute approximate surface area is 117 Å². The molecule has 2 unspecified atom stereocenters. The lowest BCUT2D eigenvalue weighted by Gasteiger charge is -2.11. The van der Waals surface area contributed by atoms with Gasteiger partial charge in [-0.15, -0.1) is 11.8 Å². The summed E-state index contributed by atoms with van der Waals surface area (Å²) in [5, 5.41) is 7.14. The number of carbonyl (C=O) groups excluding carboxylic acids is 1. The third kappa shape index (κ3) is 2.78. The lowest BCUT2D eigenvalue weighted by molar-refractivity contribution is -0.144. The van der Waals surface area contributed by atoms with Gasteiger partial charge in [-0.05, 0) is 12.5 Å². The molecule has 0 aliphatic carbocycles. The second kappa shape index (κ2) is 5.53. The molecule has 19 heavy (non-hydrogen) atoms. The standard InChI is InChI=1S/C14H18N2O2S/c1-2-18-14(17)10-8-19-13(15-10)12-11(16-12)9-6-4-3-5-7-9/h3-7,10-13,15-16H,2,8H2,1H3/t10-,11?,12+,13?/m0/s1. The average molecular weight is 278 g/mol. The van der Waals surface area contributed by atoms with Gasteiger partial charge in [-0.25, -0.2) is 0 Å². The molecule has 2 aliphatic heterocycles. The molecule has 0 bridgehead atoms. The normalized spacial score (nSPS) is 33.1. The second-order valence-electron chi connectivity index (χ2n) is 4.81. The van der Waals surface area contributed by atoms with Crippen LogP contribution in [0.15, 0.2) is 30.3 Å². The molecule has 1 aromatic carbocycles. The molecule has 2 heterocycles. The maximum absolute atomic E-state index is 11.7. The van der Waals surface area contributed by atoms with Crippen LogP contribution in [0.1, 0.15) is 18.5 Å². The summed E-state index contributed by atoms with van der Waals surface area (Å²) in [7, 11) is 0. The van der Waals surface area contributed by atoms with Crippen molar-refractivity contribution in [3.8, 4) is 0 Å². The summed E-state index contributed by atoms with van der Waals surface area (Å²) in [6.45, 7) is 2.28.